The number of rotatable bonds is 3. The third-order valence-electron chi connectivity index (χ3n) is 3.51. The van der Waals surface area contributed by atoms with Crippen LogP contribution in [0.5, 0.6) is 5.88 Å². The van der Waals surface area contributed by atoms with Crippen LogP contribution in [0.4, 0.5) is 0 Å². The number of halogens is 2. The third kappa shape index (κ3) is 3.35. The average molecular weight is 452 g/mol. The Hall–Kier alpha value is -0.180. The van der Waals surface area contributed by atoms with Crippen molar-refractivity contribution in [3.63, 3.8) is 0 Å². The molecule has 108 valence electrons. The Kier molecular flexibility index (Phi) is 4.64. The van der Waals surface area contributed by atoms with Gasteiger partial charge in [-0.2, -0.15) is 0 Å². The Balaban J connectivity index is 1.58. The summed E-state index contributed by atoms with van der Waals surface area (Å²) in [6.07, 6.45) is 6.61. The molecule has 2 heterocycles. The van der Waals surface area contributed by atoms with Gasteiger partial charge in [-0.3, -0.25) is 0 Å². The van der Waals surface area contributed by atoms with E-state index in [0.29, 0.717) is 25.7 Å². The van der Waals surface area contributed by atoms with Crippen LogP contribution in [0.3, 0.4) is 0 Å². The topological polar surface area (TPSA) is 40.6 Å². The van der Waals surface area contributed by atoms with Gasteiger partial charge in [0.2, 0.25) is 5.88 Å². The normalized spacial score (nSPS) is 21.0. The summed E-state index contributed by atoms with van der Waals surface area (Å²) in [5.41, 5.74) is 1.29. The molecule has 1 saturated heterocycles. The molecule has 6 heteroatoms. The lowest BCUT2D eigenvalue weighted by atomic mass is 9.94. The zero-order valence-corrected chi connectivity index (χ0v) is 14.6. The van der Waals surface area contributed by atoms with Crippen LogP contribution in [0.25, 0.3) is 0 Å². The van der Waals surface area contributed by atoms with Crippen LogP contribution in [0.1, 0.15) is 19.3 Å². The van der Waals surface area contributed by atoms with Crippen LogP contribution in [-0.2, 0) is 9.47 Å². The molecule has 4 nitrogen and oxygen atoms in total. The van der Waals surface area contributed by atoms with Crippen molar-refractivity contribution in [3.05, 3.63) is 32.0 Å². The van der Waals surface area contributed by atoms with Gasteiger partial charge < -0.3 is 14.2 Å². The van der Waals surface area contributed by atoms with E-state index in [1.807, 2.05) is 6.07 Å². The van der Waals surface area contributed by atoms with Gasteiger partial charge in [0, 0.05) is 23.5 Å². The molecule has 1 aromatic heterocycles. The van der Waals surface area contributed by atoms with E-state index >= 15 is 0 Å². The number of aromatic nitrogens is 1. The van der Waals surface area contributed by atoms with Crippen LogP contribution in [0, 0.1) is 3.57 Å². The number of ether oxygens (including phenoxy) is 3. The van der Waals surface area contributed by atoms with Crippen LogP contribution < -0.4 is 4.74 Å². The lowest BCUT2D eigenvalue weighted by Crippen LogP contribution is -2.32. The van der Waals surface area contributed by atoms with E-state index in [0.717, 1.165) is 27.3 Å². The molecule has 0 radical (unpaired) electrons. The zero-order valence-electron chi connectivity index (χ0n) is 10.9. The molecular formula is C14H15BrINO3. The summed E-state index contributed by atoms with van der Waals surface area (Å²) >= 11 is 5.63. The smallest absolute Gasteiger partial charge is 0.227 e. The molecule has 0 N–H and O–H groups in total. The highest BCUT2D eigenvalue weighted by Gasteiger charge is 2.37. The number of pyridine rings is 1. The Morgan fingerprint density at radius 3 is 2.85 bits per heavy atom. The van der Waals surface area contributed by atoms with E-state index in [4.69, 9.17) is 14.2 Å². The van der Waals surface area contributed by atoms with Gasteiger partial charge in [-0.25, -0.2) is 4.98 Å². The van der Waals surface area contributed by atoms with E-state index in [9.17, 15) is 0 Å². The van der Waals surface area contributed by atoms with Gasteiger partial charge in [-0.1, -0.05) is 6.08 Å². The maximum Gasteiger partial charge on any atom is 0.227 e. The van der Waals surface area contributed by atoms with Crippen molar-refractivity contribution in [3.8, 4) is 5.88 Å². The fourth-order valence-electron chi connectivity index (χ4n) is 2.41. The van der Waals surface area contributed by atoms with Gasteiger partial charge in [0.05, 0.1) is 16.8 Å². The molecule has 0 saturated carbocycles. The predicted octanol–water partition coefficient (Wildman–Crippen LogP) is 3.68. The van der Waals surface area contributed by atoms with E-state index < -0.39 is 0 Å². The lowest BCUT2D eigenvalue weighted by molar-refractivity contribution is -0.161. The summed E-state index contributed by atoms with van der Waals surface area (Å²) in [4.78, 5) is 4.28. The molecule has 20 heavy (non-hydrogen) atoms. The van der Waals surface area contributed by atoms with Crippen LogP contribution in [-0.4, -0.2) is 30.6 Å². The van der Waals surface area contributed by atoms with Crippen LogP contribution in [0.2, 0.25) is 0 Å². The largest absolute Gasteiger partial charge is 0.472 e. The first-order valence-electron chi connectivity index (χ1n) is 6.57. The second kappa shape index (κ2) is 6.29. The molecule has 1 fully saturated rings. The fourth-order valence-corrected chi connectivity index (χ4v) is 3.80. The number of nitrogens with zero attached hydrogens (tertiary/aromatic N) is 1. The molecule has 0 unspecified atom stereocenters. The quantitative estimate of drug-likeness (QED) is 0.519. The van der Waals surface area contributed by atoms with E-state index in [2.05, 4.69) is 49.6 Å². The molecule has 2 aliphatic rings. The van der Waals surface area contributed by atoms with E-state index in [1.165, 1.54) is 5.57 Å². The maximum absolute atomic E-state index is 5.79. The molecule has 0 aromatic carbocycles. The fraction of sp³-hybridized carbons (Fsp3) is 0.500. The number of hydrogen-bond acceptors (Lipinski definition) is 4. The summed E-state index contributed by atoms with van der Waals surface area (Å²) in [6.45, 7) is 2.00. The SMILES string of the molecule is Brc1cnc(OCC2=CCC3(CC2)OCCO3)c(I)c1. The van der Waals surface area contributed by atoms with E-state index in [1.54, 1.807) is 6.20 Å². The Morgan fingerprint density at radius 1 is 1.40 bits per heavy atom. The van der Waals surface area contributed by atoms with Crippen molar-refractivity contribution < 1.29 is 14.2 Å². The zero-order chi connectivity index (χ0) is 14.0. The summed E-state index contributed by atoms with van der Waals surface area (Å²) in [5, 5.41) is 0. The minimum atomic E-state index is -0.353. The van der Waals surface area contributed by atoms with Crippen molar-refractivity contribution in [1.29, 1.82) is 0 Å². The highest BCUT2D eigenvalue weighted by Crippen LogP contribution is 2.35. The Labute approximate surface area is 140 Å². The van der Waals surface area contributed by atoms with Crippen LogP contribution >= 0.6 is 38.5 Å². The van der Waals surface area contributed by atoms with Gasteiger partial charge in [-0.05, 0) is 56.6 Å². The first-order chi connectivity index (χ1) is 9.67. The third-order valence-corrected chi connectivity index (χ3v) is 4.72. The molecule has 0 amide bonds. The maximum atomic E-state index is 5.79. The molecule has 3 rings (SSSR count). The minimum Gasteiger partial charge on any atom is -0.472 e. The van der Waals surface area contributed by atoms with Gasteiger partial charge in [-0.15, -0.1) is 0 Å². The summed E-state index contributed by atoms with van der Waals surface area (Å²) in [7, 11) is 0. The monoisotopic (exact) mass is 451 g/mol. The predicted molar refractivity (Wildman–Crippen MR) is 86.7 cm³/mol. The van der Waals surface area contributed by atoms with Gasteiger partial charge in [0.15, 0.2) is 5.79 Å². The minimum absolute atomic E-state index is 0.353. The molecule has 1 aliphatic carbocycles. The van der Waals surface area contributed by atoms with Crippen molar-refractivity contribution in [2.75, 3.05) is 19.8 Å². The lowest BCUT2D eigenvalue weighted by Gasteiger charge is -2.30. The second-order valence-corrected chi connectivity index (χ2v) is 6.98. The Bertz CT molecular complexity index is 529. The molecule has 0 bridgehead atoms. The summed E-state index contributed by atoms with van der Waals surface area (Å²) in [5.74, 6) is 0.330. The van der Waals surface area contributed by atoms with Crippen LogP contribution in [0.15, 0.2) is 28.4 Å². The molecule has 1 aromatic rings. The first-order valence-corrected chi connectivity index (χ1v) is 8.44. The van der Waals surface area contributed by atoms with E-state index in [-0.39, 0.29) is 5.79 Å². The van der Waals surface area contributed by atoms with Crippen molar-refractivity contribution in [2.45, 2.75) is 25.0 Å². The van der Waals surface area contributed by atoms with Gasteiger partial charge in [0.1, 0.15) is 6.61 Å². The van der Waals surface area contributed by atoms with Gasteiger partial charge >= 0.3 is 0 Å². The second-order valence-electron chi connectivity index (χ2n) is 4.90. The van der Waals surface area contributed by atoms with Crippen molar-refractivity contribution >= 4 is 38.5 Å². The highest BCUT2D eigenvalue weighted by molar-refractivity contribution is 14.1. The molecule has 0 atom stereocenters. The number of hydrogen-bond donors (Lipinski definition) is 0. The molecule has 1 spiro atoms. The molecular weight excluding hydrogens is 437 g/mol. The van der Waals surface area contributed by atoms with Gasteiger partial charge in [0.25, 0.3) is 0 Å². The van der Waals surface area contributed by atoms with Crippen molar-refractivity contribution in [1.82, 2.24) is 4.98 Å². The highest BCUT2D eigenvalue weighted by atomic mass is 127. The summed E-state index contributed by atoms with van der Waals surface area (Å²) in [6, 6.07) is 1.99. The average Bonchev–Trinajstić information content (AvgIpc) is 2.88. The molecule has 1 aliphatic heterocycles. The standard InChI is InChI=1S/C14H15BrINO3/c15-11-7-12(16)13(17-8-11)18-9-10-1-3-14(4-2-10)19-5-6-20-14/h1,7-8H,2-6,9H2. The van der Waals surface area contributed by atoms with Crippen molar-refractivity contribution in [2.24, 2.45) is 0 Å². The summed E-state index contributed by atoms with van der Waals surface area (Å²) < 4.78 is 19.2. The first kappa shape index (κ1) is 14.7. The Morgan fingerprint density at radius 2 is 2.20 bits per heavy atom.